The number of carbonyl (C=O) groups is 1. The maximum Gasteiger partial charge on any atom is 0.357 e. The Morgan fingerprint density at radius 1 is 1.42 bits per heavy atom. The Kier molecular flexibility index (Phi) is 5.11. The highest BCUT2D eigenvalue weighted by molar-refractivity contribution is 5.89. The molecule has 0 aliphatic rings. The molecule has 0 unspecified atom stereocenters. The van der Waals surface area contributed by atoms with Crippen LogP contribution in [0.25, 0.3) is 0 Å². The number of hydrogen-bond acceptors (Lipinski definition) is 4. The molecule has 0 aliphatic carbocycles. The molecule has 0 saturated heterocycles. The second-order valence-electron chi connectivity index (χ2n) is 5.04. The van der Waals surface area contributed by atoms with E-state index in [9.17, 15) is 9.90 Å². The quantitative estimate of drug-likeness (QED) is 0.801. The molecule has 106 valence electrons. The normalized spacial score (nSPS) is 11.7. The van der Waals surface area contributed by atoms with Crippen molar-refractivity contribution in [3.63, 3.8) is 0 Å². The van der Waals surface area contributed by atoms with Crippen molar-refractivity contribution in [2.24, 2.45) is 0 Å². The van der Waals surface area contributed by atoms with Gasteiger partial charge in [-0.15, -0.1) is 0 Å². The molecule has 1 aromatic rings. The Morgan fingerprint density at radius 2 is 2.05 bits per heavy atom. The van der Waals surface area contributed by atoms with Crippen LogP contribution < -0.4 is 0 Å². The Hall–Kier alpha value is -1.36. The molecule has 1 rings (SSSR count). The smallest absolute Gasteiger partial charge is 0.357 e. The number of esters is 1. The van der Waals surface area contributed by atoms with Crippen LogP contribution in [0, 0.1) is 7.05 Å². The van der Waals surface area contributed by atoms with E-state index in [2.05, 4.69) is 4.98 Å². The molecule has 0 spiro atoms. The summed E-state index contributed by atoms with van der Waals surface area (Å²) in [6.07, 6.45) is 2.22. The van der Waals surface area contributed by atoms with Gasteiger partial charge in [0.15, 0.2) is 5.69 Å². The molecule has 1 aromatic heterocycles. The maximum absolute atomic E-state index is 12.0. The number of imidazole rings is 1. The number of nitrogens with zero attached hydrogens (tertiary/aromatic N) is 2. The fourth-order valence-electron chi connectivity index (χ4n) is 1.76. The van der Waals surface area contributed by atoms with Crippen LogP contribution in [-0.2, 0) is 16.8 Å². The molecule has 0 saturated carbocycles. The molecule has 0 aliphatic heterocycles. The Bertz CT molecular complexity index is 444. The number of aromatic nitrogens is 2. The van der Waals surface area contributed by atoms with Crippen LogP contribution in [0.15, 0.2) is 0 Å². The maximum atomic E-state index is 12.0. The Balaban J connectivity index is 3.22. The van der Waals surface area contributed by atoms with E-state index in [1.807, 2.05) is 13.8 Å². The fourth-order valence-corrected chi connectivity index (χ4v) is 1.76. The van der Waals surface area contributed by atoms with E-state index in [1.54, 1.807) is 13.8 Å². The molecule has 0 atom stereocenters. The highest BCUT2D eigenvalue weighted by Crippen LogP contribution is 2.25. The molecule has 2 radical (unpaired) electrons. The van der Waals surface area contributed by atoms with Crippen molar-refractivity contribution in [2.75, 3.05) is 6.61 Å². The van der Waals surface area contributed by atoms with Gasteiger partial charge >= 0.3 is 5.97 Å². The van der Waals surface area contributed by atoms with Crippen molar-refractivity contribution in [1.29, 1.82) is 0 Å². The average Bonchev–Trinajstić information content (AvgIpc) is 2.64. The molecule has 0 amide bonds. The van der Waals surface area contributed by atoms with Crippen LogP contribution in [0.4, 0.5) is 0 Å². The lowest BCUT2D eigenvalue weighted by atomic mass is 10.0. The first-order valence-electron chi connectivity index (χ1n) is 6.59. The molecule has 19 heavy (non-hydrogen) atoms. The van der Waals surface area contributed by atoms with E-state index in [-0.39, 0.29) is 11.4 Å². The lowest BCUT2D eigenvalue weighted by Crippen LogP contribution is -2.22. The van der Waals surface area contributed by atoms with Gasteiger partial charge in [0.05, 0.1) is 13.7 Å². The summed E-state index contributed by atoms with van der Waals surface area (Å²) in [5.74, 6) is 0.0272. The number of ether oxygens (including phenoxy) is 1. The van der Waals surface area contributed by atoms with E-state index >= 15 is 0 Å². The number of hydrogen-bond donors (Lipinski definition) is 1. The van der Waals surface area contributed by atoms with Gasteiger partial charge in [0.2, 0.25) is 0 Å². The molecule has 5 heteroatoms. The van der Waals surface area contributed by atoms with Crippen molar-refractivity contribution >= 4 is 5.97 Å². The monoisotopic (exact) mass is 266 g/mol. The van der Waals surface area contributed by atoms with Crippen molar-refractivity contribution in [1.82, 2.24) is 9.55 Å². The molecule has 5 nitrogen and oxygen atoms in total. The lowest BCUT2D eigenvalue weighted by molar-refractivity contribution is 0.0453. The molecule has 0 aromatic carbocycles. The van der Waals surface area contributed by atoms with E-state index in [1.165, 1.54) is 4.57 Å². The van der Waals surface area contributed by atoms with Crippen molar-refractivity contribution < 1.29 is 14.6 Å². The average molecular weight is 266 g/mol. The van der Waals surface area contributed by atoms with Gasteiger partial charge in [-0.25, -0.2) is 9.78 Å². The molecular formula is C14H22N2O3. The van der Waals surface area contributed by atoms with Crippen molar-refractivity contribution in [3.05, 3.63) is 24.3 Å². The van der Waals surface area contributed by atoms with Crippen LogP contribution in [0.5, 0.6) is 0 Å². The molecule has 0 fully saturated rings. The first-order valence-corrected chi connectivity index (χ1v) is 6.59. The number of rotatable bonds is 6. The van der Waals surface area contributed by atoms with Crippen LogP contribution >= 0.6 is 0 Å². The predicted octanol–water partition coefficient (Wildman–Crippen LogP) is 2.15. The molecular weight excluding hydrogens is 244 g/mol. The summed E-state index contributed by atoms with van der Waals surface area (Å²) < 4.78 is 6.33. The van der Waals surface area contributed by atoms with Gasteiger partial charge in [0, 0.05) is 6.42 Å². The largest absolute Gasteiger partial charge is 0.461 e. The predicted molar refractivity (Wildman–Crippen MR) is 71.7 cm³/mol. The summed E-state index contributed by atoms with van der Waals surface area (Å²) in [6.45, 7) is 7.36. The van der Waals surface area contributed by atoms with Gasteiger partial charge in [0.1, 0.15) is 17.1 Å². The van der Waals surface area contributed by atoms with E-state index in [0.29, 0.717) is 18.9 Å². The third kappa shape index (κ3) is 3.56. The van der Waals surface area contributed by atoms with Gasteiger partial charge in [-0.05, 0) is 26.7 Å². The third-order valence-corrected chi connectivity index (χ3v) is 2.67. The minimum Gasteiger partial charge on any atom is -0.461 e. The van der Waals surface area contributed by atoms with Gasteiger partial charge in [0.25, 0.3) is 0 Å². The number of aliphatic hydroxyl groups is 1. The fraction of sp³-hybridized carbons (Fsp3) is 0.643. The zero-order valence-corrected chi connectivity index (χ0v) is 12.1. The summed E-state index contributed by atoms with van der Waals surface area (Å²) >= 11 is 0. The van der Waals surface area contributed by atoms with Crippen LogP contribution in [0.1, 0.15) is 62.5 Å². The van der Waals surface area contributed by atoms with E-state index < -0.39 is 11.6 Å². The minimum absolute atomic E-state index is 0.129. The molecule has 1 N–H and O–H groups in total. The Labute approximate surface area is 114 Å². The van der Waals surface area contributed by atoms with Crippen LogP contribution in [-0.4, -0.2) is 27.2 Å². The number of aryl methyl sites for hydroxylation is 1. The van der Waals surface area contributed by atoms with Crippen molar-refractivity contribution in [3.8, 4) is 0 Å². The van der Waals surface area contributed by atoms with Gasteiger partial charge in [-0.3, -0.25) is 0 Å². The second kappa shape index (κ2) is 6.19. The second-order valence-corrected chi connectivity index (χ2v) is 5.04. The highest BCUT2D eigenvalue weighted by Gasteiger charge is 2.31. The highest BCUT2D eigenvalue weighted by atomic mass is 16.5. The Morgan fingerprint density at radius 3 is 2.53 bits per heavy atom. The van der Waals surface area contributed by atoms with Crippen molar-refractivity contribution in [2.45, 2.75) is 52.6 Å². The standard InChI is InChI=1S/C14H22N2O3/c1-6-8-10-15-12(14(3,4)18)11(16(10)5)13(17)19-9-7-2/h5,18H,6-9H2,1-4H3. The SMILES string of the molecule is [CH]n1c(CCC)nc(C(C)(C)O)c1C(=O)OCCC. The van der Waals surface area contributed by atoms with Gasteiger partial charge in [-0.2, -0.15) is 0 Å². The lowest BCUT2D eigenvalue weighted by Gasteiger charge is -2.16. The third-order valence-electron chi connectivity index (χ3n) is 2.67. The minimum atomic E-state index is -1.24. The topological polar surface area (TPSA) is 64.3 Å². The van der Waals surface area contributed by atoms with Crippen LogP contribution in [0.2, 0.25) is 0 Å². The molecule has 1 heterocycles. The van der Waals surface area contributed by atoms with Gasteiger partial charge < -0.3 is 14.4 Å². The summed E-state index contributed by atoms with van der Waals surface area (Å²) in [4.78, 5) is 16.3. The first-order chi connectivity index (χ1) is 8.82. The first kappa shape index (κ1) is 15.7. The summed E-state index contributed by atoms with van der Waals surface area (Å²) in [5, 5.41) is 10.1. The zero-order chi connectivity index (χ0) is 14.6. The van der Waals surface area contributed by atoms with Crippen LogP contribution in [0.3, 0.4) is 0 Å². The van der Waals surface area contributed by atoms with Gasteiger partial charge in [-0.1, -0.05) is 13.8 Å². The van der Waals surface area contributed by atoms with E-state index in [0.717, 1.165) is 12.8 Å². The number of carbonyl (C=O) groups excluding carboxylic acids is 1. The molecule has 0 bridgehead atoms. The zero-order valence-electron chi connectivity index (χ0n) is 12.1. The van der Waals surface area contributed by atoms with E-state index in [4.69, 9.17) is 11.8 Å². The summed E-state index contributed by atoms with van der Waals surface area (Å²) in [7, 11) is 5.90. The summed E-state index contributed by atoms with van der Waals surface area (Å²) in [5.41, 5.74) is -0.850. The summed E-state index contributed by atoms with van der Waals surface area (Å²) in [6, 6.07) is 0.